The quantitative estimate of drug-likeness (QED) is 0.160. The van der Waals surface area contributed by atoms with E-state index in [0.29, 0.717) is 0 Å². The summed E-state index contributed by atoms with van der Waals surface area (Å²) in [5, 5.41) is 33.5. The first-order valence-corrected chi connectivity index (χ1v) is 10.0. The van der Waals surface area contributed by atoms with Crippen LogP contribution in [-0.2, 0) is 48.2 Å². The summed E-state index contributed by atoms with van der Waals surface area (Å²) in [5.41, 5.74) is 0. The molecule has 2 bridgehead atoms. The zero-order valence-corrected chi connectivity index (χ0v) is 16.2. The highest BCUT2D eigenvalue weighted by Gasteiger charge is 2.56. The Hall–Kier alpha value is -0.530. The molecular weight excluding hydrogens is 424 g/mol. The van der Waals surface area contributed by atoms with Gasteiger partial charge in [-0.25, -0.2) is 13.3 Å². The lowest BCUT2D eigenvalue weighted by atomic mass is 9.90. The number of aliphatic hydroxyl groups is 2. The zero-order valence-electron chi connectivity index (χ0n) is 15.4. The van der Waals surface area contributed by atoms with Gasteiger partial charge in [0.15, 0.2) is 18.7 Å². The Morgan fingerprint density at radius 1 is 1.17 bits per heavy atom. The predicted molar refractivity (Wildman–Crippen MR) is 81.7 cm³/mol. The summed E-state index contributed by atoms with van der Waals surface area (Å²) in [6, 6.07) is 0. The van der Waals surface area contributed by atoms with Gasteiger partial charge < -0.3 is 43.7 Å². The van der Waals surface area contributed by atoms with Gasteiger partial charge in [0.2, 0.25) is 10.4 Å². The van der Waals surface area contributed by atoms with Crippen LogP contribution < -0.4 is 5.26 Å². The number of fused-ring (bicyclic) bond motifs is 2. The molecule has 4 unspecified atom stereocenters. The van der Waals surface area contributed by atoms with Gasteiger partial charge in [0.05, 0.1) is 19.3 Å². The summed E-state index contributed by atoms with van der Waals surface area (Å²) in [5.74, 6) is -0.747. The van der Waals surface area contributed by atoms with E-state index in [1.54, 1.807) is 0 Å². The second kappa shape index (κ2) is 9.31. The van der Waals surface area contributed by atoms with Gasteiger partial charge in [-0.15, -0.1) is 0 Å². The van der Waals surface area contributed by atoms with Gasteiger partial charge in [-0.1, -0.05) is 6.92 Å². The van der Waals surface area contributed by atoms with E-state index in [2.05, 4.69) is 14.1 Å². The molecular formula is C14H22O14S-2. The van der Waals surface area contributed by atoms with Gasteiger partial charge in [-0.2, -0.15) is 0 Å². The minimum Gasteiger partial charge on any atom is -0.726 e. The topological polar surface area (TPSA) is 195 Å². The minimum atomic E-state index is -5.12. The highest BCUT2D eigenvalue weighted by atomic mass is 32.3. The monoisotopic (exact) mass is 446 g/mol. The van der Waals surface area contributed by atoms with Crippen molar-refractivity contribution in [1.29, 1.82) is 0 Å². The standard InChI is InChI=1S/C14H24O14S/c1-5-8(16)6(3-15)23-14(9(5)26-28-17)25-10-7-4-22-11(10)12(13(21-2)24-7)27-29(18,19)20/h5-17H,3-4H2,1-2H3,(H,18,19,20)/p-2/t5-,6?,7?,8+,9?,10-,11+,12?,13-,14-/m0/s1. The van der Waals surface area contributed by atoms with Crippen LogP contribution in [0.15, 0.2) is 0 Å². The van der Waals surface area contributed by atoms with Crippen LogP contribution in [-0.4, -0.2) is 98.8 Å². The fourth-order valence-electron chi connectivity index (χ4n) is 3.71. The van der Waals surface area contributed by atoms with E-state index in [1.807, 2.05) is 0 Å². The Balaban J connectivity index is 1.80. The van der Waals surface area contributed by atoms with E-state index in [4.69, 9.17) is 23.7 Å². The van der Waals surface area contributed by atoms with Crippen molar-refractivity contribution in [3.05, 3.63) is 0 Å². The van der Waals surface area contributed by atoms with Crippen LogP contribution in [0, 0.1) is 5.92 Å². The van der Waals surface area contributed by atoms with Crippen molar-refractivity contribution in [2.75, 3.05) is 20.3 Å². The molecule has 3 aliphatic rings. The summed E-state index contributed by atoms with van der Waals surface area (Å²) in [6.07, 6.45) is -10.3. The van der Waals surface area contributed by atoms with Crippen molar-refractivity contribution in [2.45, 2.75) is 62.2 Å². The van der Waals surface area contributed by atoms with Gasteiger partial charge in [0.1, 0.15) is 30.5 Å². The molecule has 0 aromatic carbocycles. The first-order valence-electron chi connectivity index (χ1n) is 8.69. The van der Waals surface area contributed by atoms with E-state index in [-0.39, 0.29) is 6.61 Å². The molecule has 0 aromatic rings. The summed E-state index contributed by atoms with van der Waals surface area (Å²) < 4.78 is 65.1. The third-order valence-corrected chi connectivity index (χ3v) is 5.60. The molecule has 15 heteroatoms. The molecule has 0 radical (unpaired) electrons. The first kappa shape index (κ1) is 23.1. The van der Waals surface area contributed by atoms with Crippen LogP contribution in [0.5, 0.6) is 0 Å². The third-order valence-electron chi connectivity index (χ3n) is 5.14. The molecule has 3 fully saturated rings. The van der Waals surface area contributed by atoms with Crippen molar-refractivity contribution in [3.8, 4) is 0 Å². The molecule has 3 heterocycles. The van der Waals surface area contributed by atoms with Gasteiger partial charge in [-0.3, -0.25) is 9.22 Å². The number of aliphatic hydroxyl groups excluding tert-OH is 2. The Labute approximate surface area is 165 Å². The fraction of sp³-hybridized carbons (Fsp3) is 1.00. The zero-order chi connectivity index (χ0) is 21.3. The summed E-state index contributed by atoms with van der Waals surface area (Å²) in [7, 11) is -3.90. The van der Waals surface area contributed by atoms with Crippen molar-refractivity contribution >= 4 is 10.4 Å². The maximum absolute atomic E-state index is 11.1. The summed E-state index contributed by atoms with van der Waals surface area (Å²) in [6.45, 7) is 0.938. The molecule has 3 aliphatic heterocycles. The molecule has 14 nitrogen and oxygen atoms in total. The molecule has 10 atom stereocenters. The fourth-order valence-corrected chi connectivity index (χ4v) is 4.18. The Kier molecular flexibility index (Phi) is 7.43. The highest BCUT2D eigenvalue weighted by molar-refractivity contribution is 7.80. The molecule has 0 spiro atoms. The molecule has 2 N–H and O–H groups in total. The van der Waals surface area contributed by atoms with Gasteiger partial charge >= 0.3 is 0 Å². The summed E-state index contributed by atoms with van der Waals surface area (Å²) in [4.78, 5) is 4.62. The normalized spacial score (nSPS) is 45.4. The SMILES string of the molecule is CO[C@H]1OC2CO[C@@H](C1OS(=O)(=O)[O-])[C@H]2O[C@@H]1OC(CO)[C@H](O)[C@H](C)C1OO[O-]. The van der Waals surface area contributed by atoms with E-state index in [9.17, 15) is 28.4 Å². The van der Waals surface area contributed by atoms with Crippen molar-refractivity contribution in [3.63, 3.8) is 0 Å². The van der Waals surface area contributed by atoms with Crippen LogP contribution in [0.2, 0.25) is 0 Å². The highest BCUT2D eigenvalue weighted by Crippen LogP contribution is 2.37. The third kappa shape index (κ3) is 4.87. The van der Waals surface area contributed by atoms with E-state index in [0.717, 1.165) is 0 Å². The maximum Gasteiger partial charge on any atom is 0.218 e. The van der Waals surface area contributed by atoms with E-state index < -0.39 is 78.2 Å². The molecule has 0 aromatic heterocycles. The van der Waals surface area contributed by atoms with Crippen LogP contribution in [0.3, 0.4) is 0 Å². The predicted octanol–water partition coefficient (Wildman–Crippen LogP) is -3.71. The van der Waals surface area contributed by atoms with Crippen LogP contribution >= 0.6 is 0 Å². The second-order valence-corrected chi connectivity index (χ2v) is 7.86. The Morgan fingerprint density at radius 3 is 2.48 bits per heavy atom. The smallest absolute Gasteiger partial charge is 0.218 e. The number of ether oxygens (including phenoxy) is 5. The van der Waals surface area contributed by atoms with Crippen LogP contribution in [0.1, 0.15) is 6.92 Å². The number of rotatable bonds is 8. The van der Waals surface area contributed by atoms with Gasteiger partial charge in [0, 0.05) is 13.0 Å². The molecule has 0 saturated carbocycles. The second-order valence-electron chi connectivity index (χ2n) is 6.85. The number of hydrogen-bond acceptors (Lipinski definition) is 14. The van der Waals surface area contributed by atoms with Crippen molar-refractivity contribution in [2.24, 2.45) is 5.92 Å². The largest absolute Gasteiger partial charge is 0.726 e. The molecule has 3 rings (SSSR count). The lowest BCUT2D eigenvalue weighted by Crippen LogP contribution is -2.61. The number of hydrogen-bond donors (Lipinski definition) is 2. The Morgan fingerprint density at radius 2 is 1.90 bits per heavy atom. The molecule has 29 heavy (non-hydrogen) atoms. The molecule has 170 valence electrons. The van der Waals surface area contributed by atoms with E-state index in [1.165, 1.54) is 14.0 Å². The van der Waals surface area contributed by atoms with Gasteiger partial charge in [-0.05, 0) is 0 Å². The average Bonchev–Trinajstić information content (AvgIpc) is 2.95. The Bertz CT molecular complexity index is 644. The average molecular weight is 446 g/mol. The maximum atomic E-state index is 11.1. The molecule has 3 saturated heterocycles. The van der Waals surface area contributed by atoms with Crippen LogP contribution in [0.25, 0.3) is 0 Å². The van der Waals surface area contributed by atoms with Crippen molar-refractivity contribution in [1.82, 2.24) is 0 Å². The lowest BCUT2D eigenvalue weighted by molar-refractivity contribution is -0.808. The molecule has 0 amide bonds. The molecule has 0 aliphatic carbocycles. The minimum absolute atomic E-state index is 0.0358. The van der Waals surface area contributed by atoms with Crippen molar-refractivity contribution < 1.29 is 66.2 Å². The summed E-state index contributed by atoms with van der Waals surface area (Å²) >= 11 is 0. The van der Waals surface area contributed by atoms with Gasteiger partial charge in [0.25, 0.3) is 0 Å². The number of methoxy groups -OCH3 is 1. The lowest BCUT2D eigenvalue weighted by Gasteiger charge is -2.45. The van der Waals surface area contributed by atoms with Crippen LogP contribution in [0.4, 0.5) is 0 Å². The van der Waals surface area contributed by atoms with E-state index >= 15 is 0 Å². The first-order chi connectivity index (χ1) is 13.7.